The number of amides is 3. The van der Waals surface area contributed by atoms with Crippen molar-refractivity contribution in [2.75, 3.05) is 23.0 Å². The van der Waals surface area contributed by atoms with Crippen molar-refractivity contribution < 1.29 is 19.1 Å². The molecule has 0 radical (unpaired) electrons. The molecule has 0 unspecified atom stereocenters. The van der Waals surface area contributed by atoms with Gasteiger partial charge in [-0.2, -0.15) is 0 Å². The van der Waals surface area contributed by atoms with E-state index in [1.54, 1.807) is 42.5 Å². The van der Waals surface area contributed by atoms with Gasteiger partial charge in [-0.3, -0.25) is 14.4 Å². The van der Waals surface area contributed by atoms with Crippen molar-refractivity contribution in [2.24, 2.45) is 0 Å². The minimum Gasteiger partial charge on any atom is -0.494 e. The lowest BCUT2D eigenvalue weighted by molar-refractivity contribution is -0.114. The predicted octanol–water partition coefficient (Wildman–Crippen LogP) is 7.01. The van der Waals surface area contributed by atoms with E-state index in [9.17, 15) is 14.4 Å². The van der Waals surface area contributed by atoms with Crippen LogP contribution in [0.15, 0.2) is 120 Å². The molecule has 0 atom stereocenters. The number of unbranched alkanes of at least 4 members (excludes halogenated alkanes) is 1. The maximum atomic E-state index is 13.2. The summed E-state index contributed by atoms with van der Waals surface area (Å²) in [4.78, 5) is 39.3. The highest BCUT2D eigenvalue weighted by Crippen LogP contribution is 2.22. The maximum absolute atomic E-state index is 13.2. The number of hydrogen-bond acceptors (Lipinski definition) is 5. The molecule has 0 aliphatic carbocycles. The van der Waals surface area contributed by atoms with Crippen molar-refractivity contribution in [1.29, 1.82) is 0 Å². The van der Waals surface area contributed by atoms with Gasteiger partial charge < -0.3 is 20.7 Å². The third kappa shape index (κ3) is 9.67. The number of carbonyl (C=O) groups excluding carboxylic acids is 3. The third-order valence-electron chi connectivity index (χ3n) is 6.03. The lowest BCUT2D eigenvalue weighted by atomic mass is 10.1. The Hall–Kier alpha value is -4.82. The molecular formula is C34H33N3O4S. The van der Waals surface area contributed by atoms with Crippen molar-refractivity contribution in [3.63, 3.8) is 0 Å². The second-order valence-electron chi connectivity index (χ2n) is 9.33. The minimum atomic E-state index is -0.454. The fourth-order valence-corrected chi connectivity index (χ4v) is 4.50. The van der Waals surface area contributed by atoms with E-state index in [2.05, 4.69) is 22.9 Å². The van der Waals surface area contributed by atoms with Gasteiger partial charge in [0.1, 0.15) is 11.4 Å². The van der Waals surface area contributed by atoms with Gasteiger partial charge in [-0.1, -0.05) is 61.9 Å². The zero-order chi connectivity index (χ0) is 29.6. The summed E-state index contributed by atoms with van der Waals surface area (Å²) in [6, 6.07) is 32.5. The van der Waals surface area contributed by atoms with Crippen LogP contribution in [0.4, 0.5) is 11.4 Å². The monoisotopic (exact) mass is 579 g/mol. The first-order chi connectivity index (χ1) is 20.5. The number of carbonyl (C=O) groups is 3. The summed E-state index contributed by atoms with van der Waals surface area (Å²) in [5.74, 6) is 0.0562. The smallest absolute Gasteiger partial charge is 0.272 e. The largest absolute Gasteiger partial charge is 0.494 e. The number of hydrogen-bond donors (Lipinski definition) is 3. The summed E-state index contributed by atoms with van der Waals surface area (Å²) in [5.41, 5.74) is 2.61. The second kappa shape index (κ2) is 15.8. The van der Waals surface area contributed by atoms with Gasteiger partial charge >= 0.3 is 0 Å². The molecule has 0 saturated heterocycles. The van der Waals surface area contributed by atoms with Crippen molar-refractivity contribution in [2.45, 2.75) is 24.7 Å². The highest BCUT2D eigenvalue weighted by molar-refractivity contribution is 8.00. The summed E-state index contributed by atoms with van der Waals surface area (Å²) in [6.45, 7) is 2.79. The van der Waals surface area contributed by atoms with E-state index >= 15 is 0 Å². The zero-order valence-electron chi connectivity index (χ0n) is 23.3. The average molecular weight is 580 g/mol. The molecule has 0 aliphatic rings. The van der Waals surface area contributed by atoms with Crippen molar-refractivity contribution in [3.05, 3.63) is 126 Å². The summed E-state index contributed by atoms with van der Waals surface area (Å²) < 4.78 is 5.66. The van der Waals surface area contributed by atoms with Crippen molar-refractivity contribution in [1.82, 2.24) is 5.32 Å². The average Bonchev–Trinajstić information content (AvgIpc) is 3.02. The first-order valence-corrected chi connectivity index (χ1v) is 14.7. The van der Waals surface area contributed by atoms with Crippen LogP contribution in [0, 0.1) is 0 Å². The number of thioether (sulfide) groups is 1. The molecule has 0 saturated carbocycles. The molecule has 0 bridgehead atoms. The van der Waals surface area contributed by atoms with Crippen LogP contribution < -0.4 is 20.7 Å². The van der Waals surface area contributed by atoms with Crippen LogP contribution in [0.1, 0.15) is 35.7 Å². The standard InChI is InChI=1S/C34H33N3O4S/c1-2-3-22-41-29-18-14-27(15-19-29)35-32(38)24-42-30-20-16-28(17-21-30)36-34(40)31(23-25-10-6-4-7-11-25)37-33(39)26-12-8-5-9-13-26/h4-21,23H,2-3,22,24H2,1H3,(H,35,38)(H,36,40)(H,37,39)/b31-23-. The fourth-order valence-electron chi connectivity index (χ4n) is 3.81. The SMILES string of the molecule is CCCCOc1ccc(NC(=O)CSc2ccc(NC(=O)/C(=C/c3ccccc3)NC(=O)c3ccccc3)cc2)cc1. The molecule has 0 heterocycles. The van der Waals surface area contributed by atoms with E-state index in [1.807, 2.05) is 72.8 Å². The van der Waals surface area contributed by atoms with E-state index in [0.717, 1.165) is 29.1 Å². The quantitative estimate of drug-likeness (QED) is 0.0900. The number of anilines is 2. The molecule has 4 aromatic carbocycles. The van der Waals surface area contributed by atoms with Crippen LogP contribution >= 0.6 is 11.8 Å². The first kappa shape index (κ1) is 30.1. The van der Waals surface area contributed by atoms with Crippen LogP contribution in [0.3, 0.4) is 0 Å². The van der Waals surface area contributed by atoms with Gasteiger partial charge in [0.15, 0.2) is 0 Å². The first-order valence-electron chi connectivity index (χ1n) is 13.7. The van der Waals surface area contributed by atoms with Gasteiger partial charge in [-0.15, -0.1) is 11.8 Å². The van der Waals surface area contributed by atoms with Crippen molar-refractivity contribution >= 4 is 46.9 Å². The summed E-state index contributed by atoms with van der Waals surface area (Å²) >= 11 is 1.39. The lowest BCUT2D eigenvalue weighted by Gasteiger charge is -2.12. The molecule has 0 aromatic heterocycles. The normalized spacial score (nSPS) is 10.9. The Labute approximate surface area is 250 Å². The Morgan fingerprint density at radius 2 is 1.38 bits per heavy atom. The van der Waals surface area contributed by atoms with E-state index in [-0.39, 0.29) is 23.3 Å². The Morgan fingerprint density at radius 3 is 2.05 bits per heavy atom. The molecule has 0 fully saturated rings. The van der Waals surface area contributed by atoms with Gasteiger partial charge in [-0.25, -0.2) is 0 Å². The van der Waals surface area contributed by atoms with Crippen LogP contribution in [0.25, 0.3) is 6.08 Å². The molecule has 3 N–H and O–H groups in total. The lowest BCUT2D eigenvalue weighted by Crippen LogP contribution is -2.30. The molecule has 0 spiro atoms. The number of rotatable bonds is 13. The Bertz CT molecular complexity index is 1490. The van der Waals surface area contributed by atoms with Gasteiger partial charge in [0.05, 0.1) is 12.4 Å². The second-order valence-corrected chi connectivity index (χ2v) is 10.4. The molecule has 8 heteroatoms. The molecule has 0 aliphatic heterocycles. The Balaban J connectivity index is 1.32. The molecule has 4 aromatic rings. The minimum absolute atomic E-state index is 0.116. The zero-order valence-corrected chi connectivity index (χ0v) is 24.2. The summed E-state index contributed by atoms with van der Waals surface area (Å²) in [7, 11) is 0. The van der Waals surface area contributed by atoms with Gasteiger partial charge in [0.25, 0.3) is 11.8 Å². The van der Waals surface area contributed by atoms with Crippen LogP contribution in [-0.4, -0.2) is 30.1 Å². The highest BCUT2D eigenvalue weighted by Gasteiger charge is 2.15. The Morgan fingerprint density at radius 1 is 0.762 bits per heavy atom. The van der Waals surface area contributed by atoms with Crippen molar-refractivity contribution in [3.8, 4) is 5.75 Å². The van der Waals surface area contributed by atoms with E-state index in [0.29, 0.717) is 23.5 Å². The number of ether oxygens (including phenoxy) is 1. The highest BCUT2D eigenvalue weighted by atomic mass is 32.2. The topological polar surface area (TPSA) is 96.5 Å². The van der Waals surface area contributed by atoms with E-state index in [1.165, 1.54) is 11.8 Å². The molecular weight excluding hydrogens is 546 g/mol. The molecule has 3 amide bonds. The van der Waals surface area contributed by atoms with Crippen LogP contribution in [-0.2, 0) is 9.59 Å². The van der Waals surface area contributed by atoms with Gasteiger partial charge in [0, 0.05) is 21.8 Å². The fraction of sp³-hybridized carbons (Fsp3) is 0.147. The summed E-state index contributed by atoms with van der Waals surface area (Å²) in [6.07, 6.45) is 3.71. The van der Waals surface area contributed by atoms with Crippen LogP contribution in [0.5, 0.6) is 5.75 Å². The van der Waals surface area contributed by atoms with Gasteiger partial charge in [-0.05, 0) is 78.7 Å². The maximum Gasteiger partial charge on any atom is 0.272 e. The Kier molecular flexibility index (Phi) is 11.4. The third-order valence-corrected chi connectivity index (χ3v) is 7.04. The molecule has 214 valence electrons. The number of nitrogens with one attached hydrogen (secondary N) is 3. The van der Waals surface area contributed by atoms with E-state index < -0.39 is 5.91 Å². The molecule has 42 heavy (non-hydrogen) atoms. The molecule has 7 nitrogen and oxygen atoms in total. The number of benzene rings is 4. The summed E-state index contributed by atoms with van der Waals surface area (Å²) in [5, 5.41) is 8.47. The predicted molar refractivity (Wildman–Crippen MR) is 170 cm³/mol. The van der Waals surface area contributed by atoms with Gasteiger partial charge in [0.2, 0.25) is 5.91 Å². The molecule has 4 rings (SSSR count). The van der Waals surface area contributed by atoms with E-state index in [4.69, 9.17) is 4.74 Å². The van der Waals surface area contributed by atoms with Crippen LogP contribution in [0.2, 0.25) is 0 Å².